The van der Waals surface area contributed by atoms with Crippen molar-refractivity contribution in [2.75, 3.05) is 31.6 Å². The van der Waals surface area contributed by atoms with Crippen LogP contribution in [0.15, 0.2) is 61.6 Å². The summed E-state index contributed by atoms with van der Waals surface area (Å²) in [7, 11) is 1.98. The van der Waals surface area contributed by atoms with Gasteiger partial charge in [0, 0.05) is 41.6 Å². The maximum Gasteiger partial charge on any atom is 0.216 e. The summed E-state index contributed by atoms with van der Waals surface area (Å²) in [6.07, 6.45) is 16.2. The molecular formula is C32H48ClN5O. The molecule has 3 heterocycles. The molecule has 6 nitrogen and oxygen atoms in total. The highest BCUT2D eigenvalue weighted by molar-refractivity contribution is 6.30. The lowest BCUT2D eigenvalue weighted by Crippen LogP contribution is -2.42. The number of aldehydes is 1. The van der Waals surface area contributed by atoms with Gasteiger partial charge in [-0.1, -0.05) is 70.0 Å². The van der Waals surface area contributed by atoms with Crippen molar-refractivity contribution < 1.29 is 4.79 Å². The largest absolute Gasteiger partial charge is 0.348 e. The molecule has 7 heteroatoms. The zero-order valence-electron chi connectivity index (χ0n) is 24.5. The summed E-state index contributed by atoms with van der Waals surface area (Å²) in [5.74, 6) is 1.91. The molecule has 1 saturated heterocycles. The summed E-state index contributed by atoms with van der Waals surface area (Å²) in [5, 5.41) is 3.80. The van der Waals surface area contributed by atoms with Gasteiger partial charge in [-0.05, 0) is 64.3 Å². The number of hydrogen-bond acceptors (Lipinski definition) is 5. The smallest absolute Gasteiger partial charge is 0.216 e. The minimum Gasteiger partial charge on any atom is -0.348 e. The van der Waals surface area contributed by atoms with E-state index in [2.05, 4.69) is 41.3 Å². The second kappa shape index (κ2) is 17.7. The van der Waals surface area contributed by atoms with Crippen LogP contribution in [0.3, 0.4) is 0 Å². The molecule has 0 bridgehead atoms. The van der Waals surface area contributed by atoms with Crippen molar-refractivity contribution in [1.82, 2.24) is 19.8 Å². The molecule has 0 radical (unpaired) electrons. The fourth-order valence-corrected chi connectivity index (χ4v) is 4.84. The van der Waals surface area contributed by atoms with Crippen LogP contribution in [-0.2, 0) is 4.79 Å². The predicted octanol–water partition coefficient (Wildman–Crippen LogP) is 7.78. The van der Waals surface area contributed by atoms with E-state index in [0.29, 0.717) is 5.02 Å². The zero-order chi connectivity index (χ0) is 28.6. The molecular weight excluding hydrogens is 506 g/mol. The number of unbranched alkanes of at least 4 members (excludes halogenated alkanes) is 4. The third-order valence-corrected chi connectivity index (χ3v) is 7.02. The average Bonchev–Trinajstić information content (AvgIpc) is 3.62. The van der Waals surface area contributed by atoms with Gasteiger partial charge in [0.15, 0.2) is 0 Å². The first-order valence-corrected chi connectivity index (χ1v) is 14.9. The van der Waals surface area contributed by atoms with E-state index in [-0.39, 0.29) is 6.04 Å². The third-order valence-electron chi connectivity index (χ3n) is 6.77. The fourth-order valence-electron chi connectivity index (χ4n) is 4.71. The SMILES string of the molecule is C=C1C=C(N2CCCC2C=O)N(CCCCC)c2nc(-c3ccc(Cl)cc3)cn21.C=CCCCCNC.CC. The van der Waals surface area contributed by atoms with Gasteiger partial charge in [-0.25, -0.2) is 4.98 Å². The molecule has 1 unspecified atom stereocenters. The number of anilines is 1. The molecule has 1 fully saturated rings. The topological polar surface area (TPSA) is 53.4 Å². The lowest BCUT2D eigenvalue weighted by atomic mass is 10.2. The standard InChI is InChI=1S/C23H27ClN4O.C7H15N.C2H6/c1-3-4-5-12-27-22(26-13-6-7-20(26)16-29)14-17(2)28-15-21(25-23(27)28)18-8-10-19(24)11-9-18;1-3-4-5-6-7-8-2;1-2/h8-11,14-16,20H,2-7,12-13H2,1H3;3,8H,1,4-7H2,2H3;1-2H3. The van der Waals surface area contributed by atoms with Gasteiger partial charge in [-0.3, -0.25) is 9.47 Å². The van der Waals surface area contributed by atoms with Crippen LogP contribution in [0.4, 0.5) is 5.95 Å². The highest BCUT2D eigenvalue weighted by atomic mass is 35.5. The Balaban J connectivity index is 0.000000460. The number of benzene rings is 1. The van der Waals surface area contributed by atoms with Gasteiger partial charge in [0.05, 0.1) is 11.7 Å². The van der Waals surface area contributed by atoms with Gasteiger partial charge >= 0.3 is 0 Å². The molecule has 2 aliphatic heterocycles. The van der Waals surface area contributed by atoms with Crippen LogP contribution in [0.25, 0.3) is 17.0 Å². The van der Waals surface area contributed by atoms with E-state index >= 15 is 0 Å². The molecule has 2 aliphatic rings. The van der Waals surface area contributed by atoms with E-state index in [0.717, 1.165) is 93.2 Å². The summed E-state index contributed by atoms with van der Waals surface area (Å²) in [6, 6.07) is 7.66. The second-order valence-electron chi connectivity index (χ2n) is 9.58. The molecule has 0 saturated carbocycles. The van der Waals surface area contributed by atoms with Crippen LogP contribution in [-0.4, -0.2) is 53.5 Å². The Bertz CT molecular complexity index is 1060. The summed E-state index contributed by atoms with van der Waals surface area (Å²) in [6.45, 7) is 17.0. The van der Waals surface area contributed by atoms with Crippen molar-refractivity contribution >= 4 is 29.5 Å². The quantitative estimate of drug-likeness (QED) is 0.165. The molecule has 1 aromatic heterocycles. The van der Waals surface area contributed by atoms with Crippen molar-refractivity contribution in [2.45, 2.75) is 78.2 Å². The van der Waals surface area contributed by atoms with Crippen LogP contribution in [0.5, 0.6) is 0 Å². The Labute approximate surface area is 241 Å². The number of imidazole rings is 1. The molecule has 2 aromatic rings. The Hall–Kier alpha value is -2.83. The Morgan fingerprint density at radius 1 is 1.15 bits per heavy atom. The van der Waals surface area contributed by atoms with E-state index in [1.807, 2.05) is 62.0 Å². The lowest BCUT2D eigenvalue weighted by molar-refractivity contribution is -0.111. The van der Waals surface area contributed by atoms with Crippen molar-refractivity contribution in [3.63, 3.8) is 0 Å². The van der Waals surface area contributed by atoms with Crippen LogP contribution in [0.2, 0.25) is 5.02 Å². The molecule has 0 spiro atoms. The van der Waals surface area contributed by atoms with Crippen molar-refractivity contribution in [1.29, 1.82) is 0 Å². The summed E-state index contributed by atoms with van der Waals surface area (Å²) >= 11 is 6.05. The normalized spacial score (nSPS) is 16.0. The van der Waals surface area contributed by atoms with E-state index in [1.54, 1.807) is 0 Å². The molecule has 214 valence electrons. The van der Waals surface area contributed by atoms with Gasteiger partial charge in [-0.15, -0.1) is 6.58 Å². The fraction of sp³-hybridized carbons (Fsp3) is 0.500. The minimum absolute atomic E-state index is 0.0695. The Morgan fingerprint density at radius 2 is 1.90 bits per heavy atom. The number of carbonyl (C=O) groups excluding carboxylic acids is 1. The van der Waals surface area contributed by atoms with Crippen molar-refractivity contribution in [3.8, 4) is 11.3 Å². The van der Waals surface area contributed by atoms with Gasteiger partial charge in [0.1, 0.15) is 12.1 Å². The van der Waals surface area contributed by atoms with E-state index in [1.165, 1.54) is 12.8 Å². The second-order valence-corrected chi connectivity index (χ2v) is 10.0. The number of rotatable bonds is 12. The minimum atomic E-state index is -0.0695. The molecule has 1 aromatic carbocycles. The Kier molecular flexibility index (Phi) is 14.7. The molecule has 1 atom stereocenters. The number of likely N-dealkylation sites (tertiary alicyclic amines) is 1. The Morgan fingerprint density at radius 3 is 2.54 bits per heavy atom. The van der Waals surface area contributed by atoms with E-state index < -0.39 is 0 Å². The molecule has 0 aliphatic carbocycles. The predicted molar refractivity (Wildman–Crippen MR) is 168 cm³/mol. The zero-order valence-corrected chi connectivity index (χ0v) is 25.2. The maximum absolute atomic E-state index is 11.6. The highest BCUT2D eigenvalue weighted by Gasteiger charge is 2.33. The van der Waals surface area contributed by atoms with E-state index in [9.17, 15) is 4.79 Å². The molecule has 1 N–H and O–H groups in total. The summed E-state index contributed by atoms with van der Waals surface area (Å²) < 4.78 is 2.05. The third kappa shape index (κ3) is 9.11. The number of nitrogens with zero attached hydrogens (tertiary/aromatic N) is 4. The van der Waals surface area contributed by atoms with E-state index in [4.69, 9.17) is 16.6 Å². The van der Waals surface area contributed by atoms with Crippen molar-refractivity contribution in [2.24, 2.45) is 0 Å². The van der Waals surface area contributed by atoms with Gasteiger partial charge in [-0.2, -0.15) is 0 Å². The first kappa shape index (κ1) is 32.4. The van der Waals surface area contributed by atoms with Crippen LogP contribution in [0, 0.1) is 0 Å². The van der Waals surface area contributed by atoms with Gasteiger partial charge in [0.25, 0.3) is 0 Å². The first-order valence-electron chi connectivity index (χ1n) is 14.5. The number of aromatic nitrogens is 2. The average molecular weight is 554 g/mol. The van der Waals surface area contributed by atoms with Crippen LogP contribution >= 0.6 is 11.6 Å². The van der Waals surface area contributed by atoms with Crippen molar-refractivity contribution in [3.05, 3.63) is 66.6 Å². The number of carbonyl (C=O) groups is 1. The lowest BCUT2D eigenvalue weighted by Gasteiger charge is -2.38. The van der Waals surface area contributed by atoms with Gasteiger partial charge in [0.2, 0.25) is 5.95 Å². The number of halogens is 1. The summed E-state index contributed by atoms with van der Waals surface area (Å²) in [4.78, 5) is 21.1. The maximum atomic E-state index is 11.6. The van der Waals surface area contributed by atoms with Crippen LogP contribution < -0.4 is 10.2 Å². The number of nitrogens with one attached hydrogen (secondary N) is 1. The number of fused-ring (bicyclic) bond motifs is 1. The van der Waals surface area contributed by atoms with Crippen LogP contribution in [0.1, 0.15) is 72.1 Å². The first-order chi connectivity index (χ1) is 19.0. The molecule has 0 amide bonds. The monoisotopic (exact) mass is 553 g/mol. The molecule has 39 heavy (non-hydrogen) atoms. The number of hydrogen-bond donors (Lipinski definition) is 1. The molecule has 4 rings (SSSR count). The number of allylic oxidation sites excluding steroid dienone is 3. The summed E-state index contributed by atoms with van der Waals surface area (Å²) in [5.41, 5.74) is 2.78. The van der Waals surface area contributed by atoms with Gasteiger partial charge < -0.3 is 15.0 Å². The highest BCUT2D eigenvalue weighted by Crippen LogP contribution is 2.36.